The molecule has 0 aliphatic carbocycles. The van der Waals surface area contributed by atoms with Crippen molar-refractivity contribution in [3.63, 3.8) is 0 Å². The second kappa shape index (κ2) is 6.33. The summed E-state index contributed by atoms with van der Waals surface area (Å²) in [6, 6.07) is 16.8. The Labute approximate surface area is 151 Å². The van der Waals surface area contributed by atoms with Crippen LogP contribution in [0.15, 0.2) is 59.4 Å². The maximum atomic E-state index is 13.2. The van der Waals surface area contributed by atoms with Crippen LogP contribution in [0.25, 0.3) is 10.9 Å². The van der Waals surface area contributed by atoms with Crippen molar-refractivity contribution < 1.29 is 4.79 Å². The average Bonchev–Trinajstić information content (AvgIpc) is 2.77. The van der Waals surface area contributed by atoms with Crippen LogP contribution in [0.2, 0.25) is 0 Å². The maximum Gasteiger partial charge on any atom is 0.271 e. The highest BCUT2D eigenvalue weighted by Gasteiger charge is 2.28. The number of para-hydroxylation sites is 2. The van der Waals surface area contributed by atoms with E-state index in [1.165, 1.54) is 6.07 Å². The largest absolute Gasteiger partial charge is 0.372 e. The SMILES string of the molecule is C[C@H]1CN(C)c2ccccc2CN1C(=O)c1cc(=O)c2ccccc2[nH]1. The van der Waals surface area contributed by atoms with Crippen molar-refractivity contribution in [2.75, 3.05) is 18.5 Å². The predicted molar refractivity (Wildman–Crippen MR) is 104 cm³/mol. The number of likely N-dealkylation sites (N-methyl/N-ethyl adjacent to an activating group) is 1. The lowest BCUT2D eigenvalue weighted by Gasteiger charge is -2.28. The molecule has 3 aromatic rings. The number of aromatic nitrogens is 1. The fourth-order valence-corrected chi connectivity index (χ4v) is 3.69. The Morgan fingerprint density at radius 3 is 2.69 bits per heavy atom. The van der Waals surface area contributed by atoms with Crippen molar-refractivity contribution >= 4 is 22.5 Å². The molecule has 1 aliphatic rings. The zero-order valence-corrected chi connectivity index (χ0v) is 14.9. The molecule has 1 atom stereocenters. The summed E-state index contributed by atoms with van der Waals surface area (Å²) in [5.74, 6) is -0.148. The number of amides is 1. The van der Waals surface area contributed by atoms with Gasteiger partial charge in [0.15, 0.2) is 5.43 Å². The van der Waals surface area contributed by atoms with Gasteiger partial charge in [0.2, 0.25) is 0 Å². The van der Waals surface area contributed by atoms with E-state index in [-0.39, 0.29) is 17.4 Å². The topological polar surface area (TPSA) is 56.4 Å². The van der Waals surface area contributed by atoms with E-state index in [2.05, 4.69) is 16.0 Å². The zero-order chi connectivity index (χ0) is 18.3. The van der Waals surface area contributed by atoms with E-state index in [1.807, 2.05) is 55.3 Å². The minimum absolute atomic E-state index is 0.0230. The van der Waals surface area contributed by atoms with Crippen LogP contribution >= 0.6 is 0 Å². The highest BCUT2D eigenvalue weighted by Crippen LogP contribution is 2.26. The van der Waals surface area contributed by atoms with E-state index in [4.69, 9.17) is 0 Å². The van der Waals surface area contributed by atoms with Crippen LogP contribution in [-0.4, -0.2) is 35.4 Å². The Kier molecular flexibility index (Phi) is 3.99. The molecule has 2 aromatic carbocycles. The van der Waals surface area contributed by atoms with Crippen molar-refractivity contribution in [1.29, 1.82) is 0 Å². The summed E-state index contributed by atoms with van der Waals surface area (Å²) in [7, 11) is 2.04. The smallest absolute Gasteiger partial charge is 0.271 e. The summed E-state index contributed by atoms with van der Waals surface area (Å²) < 4.78 is 0. The van der Waals surface area contributed by atoms with Crippen molar-refractivity contribution in [2.45, 2.75) is 19.5 Å². The molecule has 0 saturated heterocycles. The standard InChI is InChI=1S/C21H21N3O2/c1-14-12-23(2)19-10-6-3-7-15(19)13-24(14)21(26)18-11-20(25)16-8-4-5-9-17(16)22-18/h3-11,14H,12-13H2,1-2H3,(H,22,25)/t14-/m0/s1. The monoisotopic (exact) mass is 347 g/mol. The third-order valence-corrected chi connectivity index (χ3v) is 5.04. The maximum absolute atomic E-state index is 13.2. The molecule has 4 rings (SSSR count). The molecule has 1 aliphatic heterocycles. The molecule has 0 radical (unpaired) electrons. The molecule has 0 saturated carbocycles. The van der Waals surface area contributed by atoms with Crippen LogP contribution in [0.4, 0.5) is 5.69 Å². The van der Waals surface area contributed by atoms with Gasteiger partial charge in [0, 0.05) is 48.8 Å². The van der Waals surface area contributed by atoms with Crippen LogP contribution < -0.4 is 10.3 Å². The van der Waals surface area contributed by atoms with Crippen LogP contribution in [0, 0.1) is 0 Å². The van der Waals surface area contributed by atoms with Crippen molar-refractivity contribution in [1.82, 2.24) is 9.88 Å². The number of pyridine rings is 1. The van der Waals surface area contributed by atoms with Gasteiger partial charge in [-0.15, -0.1) is 0 Å². The number of nitrogens with one attached hydrogen (secondary N) is 1. The van der Waals surface area contributed by atoms with Crippen molar-refractivity contribution in [3.8, 4) is 0 Å². The molecular formula is C21H21N3O2. The second-order valence-electron chi connectivity index (χ2n) is 6.88. The van der Waals surface area contributed by atoms with Gasteiger partial charge in [0.05, 0.1) is 0 Å². The molecule has 0 bridgehead atoms. The van der Waals surface area contributed by atoms with Gasteiger partial charge in [-0.25, -0.2) is 0 Å². The number of aromatic amines is 1. The molecule has 26 heavy (non-hydrogen) atoms. The van der Waals surface area contributed by atoms with Gasteiger partial charge in [0.25, 0.3) is 5.91 Å². The molecule has 0 unspecified atom stereocenters. The van der Waals surface area contributed by atoms with Crippen LogP contribution in [0.5, 0.6) is 0 Å². The Morgan fingerprint density at radius 2 is 1.85 bits per heavy atom. The van der Waals surface area contributed by atoms with Gasteiger partial charge in [0.1, 0.15) is 5.69 Å². The number of hydrogen-bond donors (Lipinski definition) is 1. The predicted octanol–water partition coefficient (Wildman–Crippen LogP) is 3.01. The number of carbonyl (C=O) groups excluding carboxylic acids is 1. The Morgan fingerprint density at radius 1 is 1.12 bits per heavy atom. The lowest BCUT2D eigenvalue weighted by atomic mass is 10.1. The number of anilines is 1. The number of nitrogens with zero attached hydrogens (tertiary/aromatic N) is 2. The Bertz CT molecular complexity index is 1040. The van der Waals surface area contributed by atoms with E-state index >= 15 is 0 Å². The van der Waals surface area contributed by atoms with Crippen LogP contribution in [-0.2, 0) is 6.54 Å². The number of benzene rings is 2. The van der Waals surface area contributed by atoms with Gasteiger partial charge in [-0.1, -0.05) is 30.3 Å². The summed E-state index contributed by atoms with van der Waals surface area (Å²) in [5.41, 5.74) is 3.13. The first-order chi connectivity index (χ1) is 12.5. The van der Waals surface area contributed by atoms with Crippen molar-refractivity contribution in [2.24, 2.45) is 0 Å². The highest BCUT2D eigenvalue weighted by molar-refractivity contribution is 5.95. The molecular weight excluding hydrogens is 326 g/mol. The number of carbonyl (C=O) groups is 1. The van der Waals surface area contributed by atoms with Gasteiger partial charge >= 0.3 is 0 Å². The van der Waals surface area contributed by atoms with Gasteiger partial charge in [-0.2, -0.15) is 0 Å². The summed E-state index contributed by atoms with van der Waals surface area (Å²) >= 11 is 0. The summed E-state index contributed by atoms with van der Waals surface area (Å²) in [6.45, 7) is 3.30. The minimum Gasteiger partial charge on any atom is -0.372 e. The second-order valence-corrected chi connectivity index (χ2v) is 6.88. The number of rotatable bonds is 1. The fraction of sp³-hybridized carbons (Fsp3) is 0.238. The molecule has 1 aromatic heterocycles. The molecule has 0 spiro atoms. The summed E-state index contributed by atoms with van der Waals surface area (Å²) in [5, 5.41) is 0.595. The molecule has 5 nitrogen and oxygen atoms in total. The number of fused-ring (bicyclic) bond motifs is 2. The van der Waals surface area contributed by atoms with Crippen molar-refractivity contribution in [3.05, 3.63) is 76.1 Å². The summed E-state index contributed by atoms with van der Waals surface area (Å²) in [6.07, 6.45) is 0. The lowest BCUT2D eigenvalue weighted by Crippen LogP contribution is -2.42. The first-order valence-corrected chi connectivity index (χ1v) is 8.76. The first kappa shape index (κ1) is 16.4. The van der Waals surface area contributed by atoms with Gasteiger partial charge < -0.3 is 14.8 Å². The summed E-state index contributed by atoms with van der Waals surface area (Å²) in [4.78, 5) is 32.7. The average molecular weight is 347 g/mol. The van der Waals surface area contributed by atoms with Crippen LogP contribution in [0.1, 0.15) is 23.0 Å². The first-order valence-electron chi connectivity index (χ1n) is 8.76. The highest BCUT2D eigenvalue weighted by atomic mass is 16.2. The Hall–Kier alpha value is -3.08. The van der Waals surface area contributed by atoms with E-state index in [0.29, 0.717) is 23.1 Å². The molecule has 2 heterocycles. The minimum atomic E-state index is -0.148. The number of H-pyrrole nitrogens is 1. The van der Waals surface area contributed by atoms with E-state index < -0.39 is 0 Å². The molecule has 5 heteroatoms. The third kappa shape index (κ3) is 2.75. The van der Waals surface area contributed by atoms with Gasteiger partial charge in [-0.05, 0) is 30.7 Å². The Balaban J connectivity index is 1.75. The lowest BCUT2D eigenvalue weighted by molar-refractivity contribution is 0.0681. The third-order valence-electron chi connectivity index (χ3n) is 5.04. The number of hydrogen-bond acceptors (Lipinski definition) is 3. The fourth-order valence-electron chi connectivity index (χ4n) is 3.69. The molecule has 0 fully saturated rings. The van der Waals surface area contributed by atoms with E-state index in [0.717, 1.165) is 17.8 Å². The zero-order valence-electron chi connectivity index (χ0n) is 14.9. The van der Waals surface area contributed by atoms with Gasteiger partial charge in [-0.3, -0.25) is 9.59 Å². The van der Waals surface area contributed by atoms with E-state index in [9.17, 15) is 9.59 Å². The molecule has 1 amide bonds. The molecule has 1 N–H and O–H groups in total. The normalized spacial score (nSPS) is 17.1. The van der Waals surface area contributed by atoms with E-state index in [1.54, 1.807) is 6.07 Å². The quantitative estimate of drug-likeness (QED) is 0.736. The van der Waals surface area contributed by atoms with Crippen LogP contribution in [0.3, 0.4) is 0 Å². The molecule has 132 valence electrons.